The molecule has 1 aromatic heterocycles. The number of aromatic nitrogens is 1. The first-order valence-corrected chi connectivity index (χ1v) is 5.36. The minimum atomic E-state index is -0.754. The Hall–Kier alpha value is -2.63. The lowest BCUT2D eigenvalue weighted by Crippen LogP contribution is -2.18. The molecular weight excluding hydrogens is 252 g/mol. The Morgan fingerprint density at radius 2 is 2.11 bits per heavy atom. The van der Waals surface area contributed by atoms with Crippen LogP contribution in [0, 0.1) is 11.6 Å². The number of hydrazone groups is 1. The third kappa shape index (κ3) is 3.41. The fraction of sp³-hybridized carbons (Fsp3) is 0. The molecule has 2 aromatic rings. The van der Waals surface area contributed by atoms with Crippen molar-refractivity contribution in [3.63, 3.8) is 0 Å². The molecule has 0 saturated heterocycles. The van der Waals surface area contributed by atoms with Gasteiger partial charge in [-0.1, -0.05) is 6.07 Å². The lowest BCUT2D eigenvalue weighted by molar-refractivity contribution is 0.0950. The van der Waals surface area contributed by atoms with E-state index in [0.29, 0.717) is 0 Å². The van der Waals surface area contributed by atoms with Crippen LogP contribution in [-0.4, -0.2) is 17.1 Å². The van der Waals surface area contributed by atoms with Gasteiger partial charge in [0.15, 0.2) is 0 Å². The Balaban J connectivity index is 2.02. The maximum Gasteiger partial charge on any atom is 0.289 e. The normalized spacial score (nSPS) is 10.6. The van der Waals surface area contributed by atoms with Crippen LogP contribution in [0.1, 0.15) is 16.1 Å². The molecule has 0 unspecified atom stereocenters. The Kier molecular flexibility index (Phi) is 3.92. The number of nitrogens with zero attached hydrogens (tertiary/aromatic N) is 2. The van der Waals surface area contributed by atoms with E-state index in [1.54, 1.807) is 12.1 Å². The molecule has 0 aliphatic rings. The molecular formula is C13H9F2N3O. The second-order valence-electron chi connectivity index (χ2n) is 3.58. The number of carbonyl (C=O) groups is 1. The molecule has 19 heavy (non-hydrogen) atoms. The number of rotatable bonds is 3. The van der Waals surface area contributed by atoms with Crippen LogP contribution in [0.4, 0.5) is 8.78 Å². The lowest BCUT2D eigenvalue weighted by Gasteiger charge is -1.99. The molecule has 0 saturated carbocycles. The SMILES string of the molecule is O=C(N/N=C\c1ccc(F)cc1F)c1ccccn1. The molecule has 96 valence electrons. The number of benzene rings is 1. The van der Waals surface area contributed by atoms with Crippen LogP contribution < -0.4 is 5.43 Å². The second-order valence-corrected chi connectivity index (χ2v) is 3.58. The van der Waals surface area contributed by atoms with E-state index in [1.165, 1.54) is 18.3 Å². The van der Waals surface area contributed by atoms with E-state index < -0.39 is 17.5 Å². The molecule has 4 nitrogen and oxygen atoms in total. The van der Waals surface area contributed by atoms with Crippen LogP contribution in [0.3, 0.4) is 0 Å². The van der Waals surface area contributed by atoms with Gasteiger partial charge in [0, 0.05) is 17.8 Å². The molecule has 1 N–H and O–H groups in total. The van der Waals surface area contributed by atoms with Crippen molar-refractivity contribution in [3.8, 4) is 0 Å². The Morgan fingerprint density at radius 3 is 2.79 bits per heavy atom. The van der Waals surface area contributed by atoms with Gasteiger partial charge in [-0.05, 0) is 24.3 Å². The number of hydrogen-bond donors (Lipinski definition) is 1. The van der Waals surface area contributed by atoms with Gasteiger partial charge in [0.05, 0.1) is 6.21 Å². The highest BCUT2D eigenvalue weighted by Gasteiger charge is 2.04. The molecule has 0 aliphatic carbocycles. The lowest BCUT2D eigenvalue weighted by atomic mass is 10.2. The Morgan fingerprint density at radius 1 is 1.26 bits per heavy atom. The molecule has 1 amide bonds. The van der Waals surface area contributed by atoms with Crippen molar-refractivity contribution in [3.05, 3.63) is 65.5 Å². The van der Waals surface area contributed by atoms with Gasteiger partial charge < -0.3 is 0 Å². The van der Waals surface area contributed by atoms with Crippen molar-refractivity contribution in [1.29, 1.82) is 0 Å². The number of nitrogens with one attached hydrogen (secondary N) is 1. The molecule has 1 aromatic carbocycles. The molecule has 0 radical (unpaired) electrons. The fourth-order valence-electron chi connectivity index (χ4n) is 1.32. The van der Waals surface area contributed by atoms with Gasteiger partial charge in [-0.15, -0.1) is 0 Å². The molecule has 0 spiro atoms. The largest absolute Gasteiger partial charge is 0.289 e. The van der Waals surface area contributed by atoms with Crippen molar-refractivity contribution in [2.45, 2.75) is 0 Å². The van der Waals surface area contributed by atoms with Crippen LogP contribution in [0.25, 0.3) is 0 Å². The first kappa shape index (κ1) is 12.8. The summed E-state index contributed by atoms with van der Waals surface area (Å²) in [6.07, 6.45) is 2.56. The maximum atomic E-state index is 13.2. The molecule has 2 rings (SSSR count). The smallest absolute Gasteiger partial charge is 0.266 e. The number of carbonyl (C=O) groups excluding carboxylic acids is 1. The van der Waals surface area contributed by atoms with E-state index in [2.05, 4.69) is 15.5 Å². The van der Waals surface area contributed by atoms with Gasteiger partial charge in [0.1, 0.15) is 17.3 Å². The van der Waals surface area contributed by atoms with E-state index in [-0.39, 0.29) is 11.3 Å². The summed E-state index contributed by atoms with van der Waals surface area (Å²) >= 11 is 0. The van der Waals surface area contributed by atoms with E-state index in [1.807, 2.05) is 0 Å². The minimum absolute atomic E-state index is 0.0720. The zero-order valence-corrected chi connectivity index (χ0v) is 9.68. The number of halogens is 2. The van der Waals surface area contributed by atoms with Gasteiger partial charge in [0.2, 0.25) is 0 Å². The summed E-state index contributed by atoms with van der Waals surface area (Å²) < 4.78 is 25.9. The molecule has 6 heteroatoms. The second kappa shape index (κ2) is 5.81. The summed E-state index contributed by atoms with van der Waals surface area (Å²) in [5.74, 6) is -1.94. The summed E-state index contributed by atoms with van der Waals surface area (Å²) in [4.78, 5) is 15.4. The zero-order valence-electron chi connectivity index (χ0n) is 9.68. The van der Waals surface area contributed by atoms with E-state index >= 15 is 0 Å². The summed E-state index contributed by atoms with van der Waals surface area (Å²) in [7, 11) is 0. The predicted molar refractivity (Wildman–Crippen MR) is 65.7 cm³/mol. The van der Waals surface area contributed by atoms with Crippen LogP contribution in [0.2, 0.25) is 0 Å². The van der Waals surface area contributed by atoms with E-state index in [4.69, 9.17) is 0 Å². The quantitative estimate of drug-likeness (QED) is 0.679. The van der Waals surface area contributed by atoms with E-state index in [9.17, 15) is 13.6 Å². The summed E-state index contributed by atoms with van der Waals surface area (Å²) in [6.45, 7) is 0. The van der Waals surface area contributed by atoms with Gasteiger partial charge >= 0.3 is 0 Å². The van der Waals surface area contributed by atoms with Gasteiger partial charge in [-0.3, -0.25) is 9.78 Å². The first-order valence-electron chi connectivity index (χ1n) is 5.36. The Labute approximate surface area is 107 Å². The highest BCUT2D eigenvalue weighted by atomic mass is 19.1. The third-order valence-electron chi connectivity index (χ3n) is 2.23. The number of amides is 1. The van der Waals surface area contributed by atoms with E-state index in [0.717, 1.165) is 18.3 Å². The minimum Gasteiger partial charge on any atom is -0.266 e. The topological polar surface area (TPSA) is 54.4 Å². The monoisotopic (exact) mass is 261 g/mol. The maximum absolute atomic E-state index is 13.2. The summed E-state index contributed by atoms with van der Waals surface area (Å²) in [5.41, 5.74) is 2.46. The van der Waals surface area contributed by atoms with Crippen molar-refractivity contribution < 1.29 is 13.6 Å². The summed E-state index contributed by atoms with van der Waals surface area (Å²) in [5, 5.41) is 3.58. The van der Waals surface area contributed by atoms with Gasteiger partial charge in [0.25, 0.3) is 5.91 Å². The number of pyridine rings is 1. The Bertz CT molecular complexity index is 615. The van der Waals surface area contributed by atoms with Crippen LogP contribution in [0.15, 0.2) is 47.7 Å². The van der Waals surface area contributed by atoms with Crippen molar-refractivity contribution in [2.75, 3.05) is 0 Å². The molecule has 0 atom stereocenters. The molecule has 0 fully saturated rings. The van der Waals surface area contributed by atoms with Crippen molar-refractivity contribution in [1.82, 2.24) is 10.4 Å². The van der Waals surface area contributed by atoms with Crippen LogP contribution in [0.5, 0.6) is 0 Å². The van der Waals surface area contributed by atoms with Crippen molar-refractivity contribution in [2.24, 2.45) is 5.10 Å². The zero-order chi connectivity index (χ0) is 13.7. The highest BCUT2D eigenvalue weighted by molar-refractivity contribution is 5.93. The van der Waals surface area contributed by atoms with Gasteiger partial charge in [-0.2, -0.15) is 5.10 Å². The van der Waals surface area contributed by atoms with Crippen LogP contribution in [-0.2, 0) is 0 Å². The number of hydrogen-bond acceptors (Lipinski definition) is 3. The third-order valence-corrected chi connectivity index (χ3v) is 2.23. The highest BCUT2D eigenvalue weighted by Crippen LogP contribution is 2.06. The molecule has 0 aliphatic heterocycles. The average molecular weight is 261 g/mol. The average Bonchev–Trinajstić information content (AvgIpc) is 2.42. The summed E-state index contributed by atoms with van der Waals surface area (Å²) in [6, 6.07) is 7.91. The predicted octanol–water partition coefficient (Wildman–Crippen LogP) is 2.12. The van der Waals surface area contributed by atoms with Crippen LogP contribution >= 0.6 is 0 Å². The molecule has 0 bridgehead atoms. The van der Waals surface area contributed by atoms with Crippen molar-refractivity contribution >= 4 is 12.1 Å². The molecule has 1 heterocycles. The first-order chi connectivity index (χ1) is 9.16. The fourth-order valence-corrected chi connectivity index (χ4v) is 1.32. The standard InChI is InChI=1S/C13H9F2N3O/c14-10-5-4-9(11(15)7-10)8-17-18-13(19)12-3-1-2-6-16-12/h1-8H,(H,18,19)/b17-8-. The van der Waals surface area contributed by atoms with Gasteiger partial charge in [-0.25, -0.2) is 14.2 Å².